The summed E-state index contributed by atoms with van der Waals surface area (Å²) in [7, 11) is 1.37. The lowest BCUT2D eigenvalue weighted by atomic mass is 10.2. The van der Waals surface area contributed by atoms with Gasteiger partial charge < -0.3 is 20.4 Å². The predicted molar refractivity (Wildman–Crippen MR) is 78.5 cm³/mol. The molecule has 7 heteroatoms. The minimum absolute atomic E-state index is 0.0396. The molecule has 0 fully saturated rings. The number of hydrogen-bond donors (Lipinski definition) is 2. The monoisotopic (exact) mass is 292 g/mol. The van der Waals surface area contributed by atoms with Gasteiger partial charge in [0.2, 0.25) is 5.75 Å². The molecule has 1 heterocycles. The van der Waals surface area contributed by atoms with E-state index in [1.807, 2.05) is 0 Å². The van der Waals surface area contributed by atoms with Gasteiger partial charge in [-0.3, -0.25) is 4.79 Å². The van der Waals surface area contributed by atoms with Crippen molar-refractivity contribution in [2.24, 2.45) is 5.73 Å². The number of anilines is 2. The molecular weight excluding hydrogens is 275 g/mol. The fourth-order valence-electron chi connectivity index (χ4n) is 2.01. The van der Waals surface area contributed by atoms with E-state index in [1.54, 1.807) is 23.1 Å². The highest BCUT2D eigenvalue weighted by Gasteiger charge is 2.20. The summed E-state index contributed by atoms with van der Waals surface area (Å²) in [5, 5.41) is 0. The van der Waals surface area contributed by atoms with Crippen molar-refractivity contribution in [3.05, 3.63) is 46.8 Å². The number of H-pyrrole nitrogens is 1. The number of ether oxygens (including phenoxy) is 1. The zero-order chi connectivity index (χ0) is 15.2. The molecule has 0 aliphatic carbocycles. The Morgan fingerprint density at radius 2 is 2.19 bits per heavy atom. The van der Waals surface area contributed by atoms with Crippen LogP contribution in [0.3, 0.4) is 0 Å². The Hall–Kier alpha value is -2.41. The Bertz CT molecular complexity index is 659. The third-order valence-electron chi connectivity index (χ3n) is 2.98. The van der Waals surface area contributed by atoms with Crippen LogP contribution in [0.2, 0.25) is 0 Å². The topological polar surface area (TPSA) is 84.2 Å². The van der Waals surface area contributed by atoms with Crippen molar-refractivity contribution < 1.29 is 9.13 Å². The molecule has 0 unspecified atom stereocenters. The van der Waals surface area contributed by atoms with E-state index < -0.39 is 11.4 Å². The molecule has 0 atom stereocenters. The molecule has 2 aromatic rings. The summed E-state index contributed by atoms with van der Waals surface area (Å²) in [4.78, 5) is 19.9. The summed E-state index contributed by atoms with van der Waals surface area (Å²) < 4.78 is 19.2. The number of methoxy groups -OCH3 is 1. The molecule has 0 aliphatic heterocycles. The van der Waals surface area contributed by atoms with Crippen LogP contribution in [0.25, 0.3) is 0 Å². The van der Waals surface area contributed by atoms with E-state index in [0.29, 0.717) is 25.2 Å². The minimum atomic E-state index is -0.420. The maximum absolute atomic E-state index is 14.1. The molecule has 3 N–H and O–H groups in total. The Morgan fingerprint density at radius 3 is 2.86 bits per heavy atom. The normalized spacial score (nSPS) is 10.4. The first-order valence-electron chi connectivity index (χ1n) is 6.52. The predicted octanol–water partition coefficient (Wildman–Crippen LogP) is 1.40. The summed E-state index contributed by atoms with van der Waals surface area (Å²) in [5.41, 5.74) is 5.43. The van der Waals surface area contributed by atoms with Crippen molar-refractivity contribution in [3.63, 3.8) is 0 Å². The second kappa shape index (κ2) is 6.85. The van der Waals surface area contributed by atoms with Gasteiger partial charge in [0.15, 0.2) is 5.82 Å². The van der Waals surface area contributed by atoms with Crippen molar-refractivity contribution in [2.45, 2.75) is 6.42 Å². The molecule has 1 aromatic carbocycles. The van der Waals surface area contributed by atoms with Gasteiger partial charge in [-0.25, -0.2) is 9.37 Å². The second-order valence-corrected chi connectivity index (χ2v) is 4.33. The minimum Gasteiger partial charge on any atom is -0.488 e. The lowest BCUT2D eigenvalue weighted by Crippen LogP contribution is -2.26. The van der Waals surface area contributed by atoms with Gasteiger partial charge in [-0.2, -0.15) is 0 Å². The van der Waals surface area contributed by atoms with E-state index in [4.69, 9.17) is 10.5 Å². The molecule has 0 bridgehead atoms. The van der Waals surface area contributed by atoms with E-state index in [0.717, 1.165) is 0 Å². The lowest BCUT2D eigenvalue weighted by molar-refractivity contribution is 0.406. The standard InChI is InChI=1S/C14H17FN4O2/c1-21-12-13(17-9-18-14(12)20)19(8-4-7-16)11-6-3-2-5-10(11)15/h2-3,5-6,9H,4,7-8,16H2,1H3,(H,17,18,20). The van der Waals surface area contributed by atoms with Crippen LogP contribution < -0.4 is 20.9 Å². The molecule has 0 saturated carbocycles. The van der Waals surface area contributed by atoms with Crippen molar-refractivity contribution >= 4 is 11.5 Å². The number of para-hydroxylation sites is 1. The molecule has 112 valence electrons. The quantitative estimate of drug-likeness (QED) is 0.841. The van der Waals surface area contributed by atoms with Gasteiger partial charge in [0, 0.05) is 6.54 Å². The Labute approximate surface area is 121 Å². The third kappa shape index (κ3) is 3.19. The molecule has 2 rings (SSSR count). The number of halogens is 1. The number of rotatable bonds is 6. The largest absolute Gasteiger partial charge is 0.488 e. The summed E-state index contributed by atoms with van der Waals surface area (Å²) in [6, 6.07) is 6.29. The Balaban J connectivity index is 2.54. The number of hydrogen-bond acceptors (Lipinski definition) is 5. The average molecular weight is 292 g/mol. The summed E-state index contributed by atoms with van der Waals surface area (Å²) in [5.74, 6) is -0.101. The van der Waals surface area contributed by atoms with Crippen LogP contribution in [0.4, 0.5) is 15.9 Å². The van der Waals surface area contributed by atoms with E-state index in [1.165, 1.54) is 19.5 Å². The average Bonchev–Trinajstić information content (AvgIpc) is 2.49. The molecule has 1 aromatic heterocycles. The van der Waals surface area contributed by atoms with Gasteiger partial charge >= 0.3 is 0 Å². The van der Waals surface area contributed by atoms with E-state index in [-0.39, 0.29) is 11.6 Å². The first-order valence-corrected chi connectivity index (χ1v) is 6.52. The lowest BCUT2D eigenvalue weighted by Gasteiger charge is -2.25. The zero-order valence-corrected chi connectivity index (χ0v) is 11.7. The maximum Gasteiger partial charge on any atom is 0.295 e. The highest BCUT2D eigenvalue weighted by Crippen LogP contribution is 2.30. The van der Waals surface area contributed by atoms with Crippen LogP contribution in [0, 0.1) is 5.82 Å². The summed E-state index contributed by atoms with van der Waals surface area (Å²) in [6.45, 7) is 0.862. The zero-order valence-electron chi connectivity index (χ0n) is 11.7. The van der Waals surface area contributed by atoms with Gasteiger partial charge in [-0.15, -0.1) is 0 Å². The number of aromatic nitrogens is 2. The molecule has 0 saturated heterocycles. The Kier molecular flexibility index (Phi) is 4.89. The second-order valence-electron chi connectivity index (χ2n) is 4.33. The van der Waals surface area contributed by atoms with Crippen molar-refractivity contribution in [1.29, 1.82) is 0 Å². The van der Waals surface area contributed by atoms with Crippen LogP contribution in [-0.4, -0.2) is 30.2 Å². The molecule has 0 radical (unpaired) electrons. The number of benzene rings is 1. The first-order chi connectivity index (χ1) is 10.2. The maximum atomic E-state index is 14.1. The molecule has 21 heavy (non-hydrogen) atoms. The first kappa shape index (κ1) is 15.0. The van der Waals surface area contributed by atoms with Gasteiger partial charge in [-0.05, 0) is 25.1 Å². The molecular formula is C14H17FN4O2. The van der Waals surface area contributed by atoms with Crippen LogP contribution in [0.1, 0.15) is 6.42 Å². The van der Waals surface area contributed by atoms with Crippen molar-refractivity contribution in [3.8, 4) is 5.75 Å². The molecule has 0 spiro atoms. The third-order valence-corrected chi connectivity index (χ3v) is 2.98. The molecule has 0 amide bonds. The van der Waals surface area contributed by atoms with Crippen LogP contribution in [-0.2, 0) is 0 Å². The molecule has 6 nitrogen and oxygen atoms in total. The van der Waals surface area contributed by atoms with Gasteiger partial charge in [0.25, 0.3) is 5.56 Å². The summed E-state index contributed by atoms with van der Waals surface area (Å²) >= 11 is 0. The highest BCUT2D eigenvalue weighted by molar-refractivity contribution is 5.65. The summed E-state index contributed by atoms with van der Waals surface area (Å²) in [6.07, 6.45) is 1.88. The number of nitrogens with one attached hydrogen (secondary N) is 1. The van der Waals surface area contributed by atoms with Gasteiger partial charge in [-0.1, -0.05) is 12.1 Å². The SMILES string of the molecule is COc1c(N(CCCN)c2ccccc2F)nc[nH]c1=O. The number of nitrogens with two attached hydrogens (primary N) is 1. The van der Waals surface area contributed by atoms with Gasteiger partial charge in [0.05, 0.1) is 19.1 Å². The van der Waals surface area contributed by atoms with Crippen LogP contribution in [0.5, 0.6) is 5.75 Å². The fraction of sp³-hybridized carbons (Fsp3) is 0.286. The fourth-order valence-corrected chi connectivity index (χ4v) is 2.01. The smallest absolute Gasteiger partial charge is 0.295 e. The van der Waals surface area contributed by atoms with E-state index >= 15 is 0 Å². The highest BCUT2D eigenvalue weighted by atomic mass is 19.1. The van der Waals surface area contributed by atoms with Crippen molar-refractivity contribution in [1.82, 2.24) is 9.97 Å². The Morgan fingerprint density at radius 1 is 1.43 bits per heavy atom. The van der Waals surface area contributed by atoms with E-state index in [9.17, 15) is 9.18 Å². The van der Waals surface area contributed by atoms with Gasteiger partial charge in [0.1, 0.15) is 5.82 Å². The molecule has 0 aliphatic rings. The van der Waals surface area contributed by atoms with Crippen LogP contribution in [0.15, 0.2) is 35.4 Å². The number of nitrogens with zero attached hydrogens (tertiary/aromatic N) is 2. The van der Waals surface area contributed by atoms with E-state index in [2.05, 4.69) is 9.97 Å². The van der Waals surface area contributed by atoms with Crippen LogP contribution >= 0.6 is 0 Å². The van der Waals surface area contributed by atoms with Crippen molar-refractivity contribution in [2.75, 3.05) is 25.1 Å². The number of aromatic amines is 1.